The van der Waals surface area contributed by atoms with Crippen molar-refractivity contribution >= 4 is 28.9 Å². The van der Waals surface area contributed by atoms with E-state index in [0.29, 0.717) is 17.9 Å². The van der Waals surface area contributed by atoms with Gasteiger partial charge >= 0.3 is 5.97 Å². The second kappa shape index (κ2) is 10.6. The number of carbonyl (C=O) groups is 2. The normalized spacial score (nSPS) is 10.3. The summed E-state index contributed by atoms with van der Waals surface area (Å²) in [4.78, 5) is 44.6. The molecule has 2 aromatic carbocycles. The van der Waals surface area contributed by atoms with Crippen molar-refractivity contribution in [1.29, 1.82) is 0 Å². The molecule has 0 aliphatic rings. The van der Waals surface area contributed by atoms with Crippen LogP contribution < -0.4 is 5.32 Å². The Balaban J connectivity index is 2.03. The number of carbonyl (C=O) groups excluding carboxylic acids is 2. The van der Waals surface area contributed by atoms with E-state index in [9.17, 15) is 29.8 Å². The molecular formula is C20H21N3O7. The number of nitro groups is 2. The highest BCUT2D eigenvalue weighted by Crippen LogP contribution is 2.23. The summed E-state index contributed by atoms with van der Waals surface area (Å²) < 4.78 is 5.18. The Hall–Kier alpha value is -3.82. The second-order valence-electron chi connectivity index (χ2n) is 6.48. The molecule has 2 rings (SSSR count). The molecule has 158 valence electrons. The smallest absolute Gasteiger partial charge is 0.338 e. The van der Waals surface area contributed by atoms with E-state index >= 15 is 0 Å². The lowest BCUT2D eigenvalue weighted by Gasteiger charge is -2.07. The minimum absolute atomic E-state index is 0.230. The minimum Gasteiger partial charge on any atom is -0.462 e. The van der Waals surface area contributed by atoms with Crippen LogP contribution in [0.3, 0.4) is 0 Å². The fraction of sp³-hybridized carbons (Fsp3) is 0.300. The first kappa shape index (κ1) is 22.5. The summed E-state index contributed by atoms with van der Waals surface area (Å²) in [5.41, 5.74) is -0.729. The van der Waals surface area contributed by atoms with E-state index in [4.69, 9.17) is 4.74 Å². The molecule has 2 aromatic rings. The summed E-state index contributed by atoms with van der Waals surface area (Å²) in [6, 6.07) is 8.56. The number of hydrogen-bond donors (Lipinski definition) is 1. The molecule has 30 heavy (non-hydrogen) atoms. The molecule has 0 fully saturated rings. The van der Waals surface area contributed by atoms with Crippen LogP contribution in [0.5, 0.6) is 0 Å². The number of nitrogens with one attached hydrogen (secondary N) is 1. The van der Waals surface area contributed by atoms with Crippen molar-refractivity contribution in [3.8, 4) is 0 Å². The first-order valence-corrected chi connectivity index (χ1v) is 9.34. The molecule has 0 spiro atoms. The number of nitrogens with zero attached hydrogens (tertiary/aromatic N) is 2. The van der Waals surface area contributed by atoms with Crippen molar-refractivity contribution in [2.75, 3.05) is 11.9 Å². The molecule has 10 nitrogen and oxygen atoms in total. The number of rotatable bonds is 10. The summed E-state index contributed by atoms with van der Waals surface area (Å²) in [6.07, 6.45) is 3.96. The Labute approximate surface area is 172 Å². The molecule has 0 heterocycles. The van der Waals surface area contributed by atoms with Gasteiger partial charge in [0.2, 0.25) is 0 Å². The molecule has 0 aliphatic heterocycles. The summed E-state index contributed by atoms with van der Waals surface area (Å²) in [5.74, 6) is -1.23. The molecule has 0 aliphatic carbocycles. The molecule has 0 saturated heterocycles. The Bertz CT molecular complexity index is 910. The van der Waals surface area contributed by atoms with E-state index in [1.807, 2.05) is 0 Å². The number of unbranched alkanes of at least 4 members (excludes halogenated alkanes) is 3. The molecule has 0 aromatic heterocycles. The molecule has 0 radical (unpaired) electrons. The van der Waals surface area contributed by atoms with Gasteiger partial charge in [0.1, 0.15) is 0 Å². The van der Waals surface area contributed by atoms with E-state index in [2.05, 4.69) is 12.2 Å². The largest absolute Gasteiger partial charge is 0.462 e. The highest BCUT2D eigenvalue weighted by Gasteiger charge is 2.20. The quantitative estimate of drug-likeness (QED) is 0.261. The zero-order valence-electron chi connectivity index (χ0n) is 16.3. The van der Waals surface area contributed by atoms with Gasteiger partial charge in [-0.3, -0.25) is 25.0 Å². The summed E-state index contributed by atoms with van der Waals surface area (Å²) in [6.45, 7) is 2.43. The van der Waals surface area contributed by atoms with Gasteiger partial charge in [0.25, 0.3) is 17.3 Å². The second-order valence-corrected chi connectivity index (χ2v) is 6.48. The molecular weight excluding hydrogens is 394 g/mol. The number of anilines is 1. The number of nitro benzene ring substituents is 2. The Kier molecular flexibility index (Phi) is 7.98. The van der Waals surface area contributed by atoms with Crippen LogP contribution in [0.4, 0.5) is 17.1 Å². The van der Waals surface area contributed by atoms with Crippen LogP contribution in [0.2, 0.25) is 0 Å². The molecule has 0 unspecified atom stereocenters. The van der Waals surface area contributed by atoms with Crippen LogP contribution in [0, 0.1) is 20.2 Å². The van der Waals surface area contributed by atoms with E-state index in [0.717, 1.165) is 43.9 Å². The van der Waals surface area contributed by atoms with E-state index in [1.54, 1.807) is 0 Å². The lowest BCUT2D eigenvalue weighted by molar-refractivity contribution is -0.394. The van der Waals surface area contributed by atoms with Crippen LogP contribution in [0.25, 0.3) is 0 Å². The average molecular weight is 415 g/mol. The highest BCUT2D eigenvalue weighted by molar-refractivity contribution is 6.05. The highest BCUT2D eigenvalue weighted by atomic mass is 16.6. The molecule has 0 atom stereocenters. The Morgan fingerprint density at radius 2 is 1.50 bits per heavy atom. The number of non-ortho nitro benzene ring substituents is 2. The van der Waals surface area contributed by atoms with Gasteiger partial charge in [-0.05, 0) is 30.7 Å². The first-order valence-electron chi connectivity index (χ1n) is 9.34. The van der Waals surface area contributed by atoms with Crippen LogP contribution in [0.1, 0.15) is 53.3 Å². The zero-order chi connectivity index (χ0) is 22.1. The Morgan fingerprint density at radius 3 is 2.03 bits per heavy atom. The maximum absolute atomic E-state index is 12.4. The monoisotopic (exact) mass is 415 g/mol. The number of amides is 1. The van der Waals surface area contributed by atoms with Crippen LogP contribution in [-0.4, -0.2) is 28.3 Å². The zero-order valence-corrected chi connectivity index (χ0v) is 16.3. The maximum atomic E-state index is 12.4. The standard InChI is InChI=1S/C20H21N3O7/c1-2-3-4-5-10-30-20(25)14-6-8-16(9-7-14)21-19(24)15-11-17(22(26)27)13-18(12-15)23(28)29/h6-9,11-13H,2-5,10H2,1H3,(H,21,24). The van der Waals surface area contributed by atoms with Crippen LogP contribution in [0.15, 0.2) is 42.5 Å². The topological polar surface area (TPSA) is 142 Å². The van der Waals surface area contributed by atoms with Crippen molar-refractivity contribution < 1.29 is 24.2 Å². The predicted molar refractivity (Wildman–Crippen MR) is 109 cm³/mol. The Morgan fingerprint density at radius 1 is 0.900 bits per heavy atom. The molecule has 0 saturated carbocycles. The van der Waals surface area contributed by atoms with Gasteiger partial charge in [0.15, 0.2) is 0 Å². The van der Waals surface area contributed by atoms with Crippen molar-refractivity contribution in [3.63, 3.8) is 0 Å². The van der Waals surface area contributed by atoms with Gasteiger partial charge in [-0.25, -0.2) is 4.79 Å². The van der Waals surface area contributed by atoms with Gasteiger partial charge < -0.3 is 10.1 Å². The summed E-state index contributed by atoms with van der Waals surface area (Å²) in [5, 5.41) is 24.4. The van der Waals surface area contributed by atoms with Gasteiger partial charge in [-0.1, -0.05) is 26.2 Å². The van der Waals surface area contributed by atoms with Crippen molar-refractivity contribution in [2.24, 2.45) is 0 Å². The third-order valence-electron chi connectivity index (χ3n) is 4.20. The maximum Gasteiger partial charge on any atom is 0.338 e. The van der Waals surface area contributed by atoms with Gasteiger partial charge in [0, 0.05) is 17.8 Å². The molecule has 0 bridgehead atoms. The first-order chi connectivity index (χ1) is 14.3. The predicted octanol–water partition coefficient (Wildman–Crippen LogP) is 4.49. The lowest BCUT2D eigenvalue weighted by Crippen LogP contribution is -2.13. The lowest BCUT2D eigenvalue weighted by atomic mass is 10.1. The molecule has 1 amide bonds. The van der Waals surface area contributed by atoms with Crippen LogP contribution in [-0.2, 0) is 4.74 Å². The van der Waals surface area contributed by atoms with Gasteiger partial charge in [0.05, 0.1) is 33.6 Å². The molecule has 10 heteroatoms. The number of hydrogen-bond acceptors (Lipinski definition) is 7. The summed E-state index contributed by atoms with van der Waals surface area (Å²) >= 11 is 0. The van der Waals surface area contributed by atoms with Gasteiger partial charge in [-0.2, -0.15) is 0 Å². The van der Waals surface area contributed by atoms with E-state index in [1.165, 1.54) is 24.3 Å². The fourth-order valence-electron chi connectivity index (χ4n) is 2.61. The average Bonchev–Trinajstić information content (AvgIpc) is 2.73. The van der Waals surface area contributed by atoms with Crippen molar-refractivity contribution in [3.05, 3.63) is 73.8 Å². The fourth-order valence-corrected chi connectivity index (χ4v) is 2.61. The number of esters is 1. The number of ether oxygens (including phenoxy) is 1. The van der Waals surface area contributed by atoms with Gasteiger partial charge in [-0.15, -0.1) is 0 Å². The third kappa shape index (κ3) is 6.36. The van der Waals surface area contributed by atoms with Crippen molar-refractivity contribution in [2.45, 2.75) is 32.6 Å². The number of benzene rings is 2. The summed E-state index contributed by atoms with van der Waals surface area (Å²) in [7, 11) is 0. The van der Waals surface area contributed by atoms with E-state index in [-0.39, 0.29) is 5.56 Å². The SMILES string of the molecule is CCCCCCOC(=O)c1ccc(NC(=O)c2cc([N+](=O)[O-])cc([N+](=O)[O-])c2)cc1. The third-order valence-corrected chi connectivity index (χ3v) is 4.20. The molecule has 1 N–H and O–H groups in total. The van der Waals surface area contributed by atoms with Crippen LogP contribution >= 0.6 is 0 Å². The van der Waals surface area contributed by atoms with Crippen molar-refractivity contribution in [1.82, 2.24) is 0 Å². The van der Waals surface area contributed by atoms with E-state index < -0.39 is 33.1 Å². The minimum atomic E-state index is -0.813.